The molecule has 152 valence electrons. The van der Waals surface area contributed by atoms with Gasteiger partial charge in [-0.3, -0.25) is 0 Å². The Balaban J connectivity index is 1.44. The van der Waals surface area contributed by atoms with Gasteiger partial charge in [-0.05, 0) is 42.1 Å². The van der Waals surface area contributed by atoms with Gasteiger partial charge in [-0.15, -0.1) is 0 Å². The molecule has 1 saturated heterocycles. The second-order valence-corrected chi connectivity index (χ2v) is 11.1. The highest BCUT2D eigenvalue weighted by Crippen LogP contribution is 2.47. The Hall–Kier alpha value is -1.30. The summed E-state index contributed by atoms with van der Waals surface area (Å²) in [6.07, 6.45) is 9.34. The molecule has 1 unspecified atom stereocenters. The van der Waals surface area contributed by atoms with Gasteiger partial charge in [-0.2, -0.15) is 0 Å². The maximum absolute atomic E-state index is 11.6. The molecule has 0 amide bonds. The van der Waals surface area contributed by atoms with Crippen molar-refractivity contribution in [3.05, 3.63) is 35.9 Å². The predicted octanol–water partition coefficient (Wildman–Crippen LogP) is 3.94. The molecule has 2 bridgehead atoms. The second-order valence-electron chi connectivity index (χ2n) is 11.1. The third kappa shape index (κ3) is 4.03. The summed E-state index contributed by atoms with van der Waals surface area (Å²) in [5.41, 5.74) is 1.24. The van der Waals surface area contributed by atoms with Crippen LogP contribution in [-0.2, 0) is 5.60 Å². The van der Waals surface area contributed by atoms with Crippen molar-refractivity contribution in [1.82, 2.24) is 0 Å². The van der Waals surface area contributed by atoms with Crippen molar-refractivity contribution in [2.45, 2.75) is 83.8 Å². The van der Waals surface area contributed by atoms with E-state index in [4.69, 9.17) is 0 Å². The highest BCUT2D eigenvalue weighted by molar-refractivity contribution is 5.26. The lowest BCUT2D eigenvalue weighted by Gasteiger charge is -2.37. The van der Waals surface area contributed by atoms with Crippen LogP contribution in [0.2, 0.25) is 0 Å². The van der Waals surface area contributed by atoms with Gasteiger partial charge in [-0.25, -0.2) is 0 Å². The molecule has 4 atom stereocenters. The van der Waals surface area contributed by atoms with Gasteiger partial charge in [0.25, 0.3) is 0 Å². The molecule has 3 aliphatic rings. The van der Waals surface area contributed by atoms with E-state index >= 15 is 0 Å². The van der Waals surface area contributed by atoms with Crippen LogP contribution < -0.4 is 4.90 Å². The minimum atomic E-state index is -0.783. The molecule has 2 aliphatic carbocycles. The number of nitrogens with one attached hydrogen (secondary N) is 1. The Bertz CT molecular complexity index is 739. The molecule has 2 heteroatoms. The summed E-state index contributed by atoms with van der Waals surface area (Å²) < 4.78 is 0. The van der Waals surface area contributed by atoms with Crippen LogP contribution in [0.4, 0.5) is 0 Å². The average Bonchev–Trinajstić information content (AvgIpc) is 3.25. The Morgan fingerprint density at radius 1 is 1.07 bits per heavy atom. The Morgan fingerprint density at radius 3 is 2.50 bits per heavy atom. The fraction of sp³-hybridized carbons (Fsp3) is 0.692. The fourth-order valence-corrected chi connectivity index (χ4v) is 6.94. The van der Waals surface area contributed by atoms with Crippen molar-refractivity contribution < 1.29 is 10.0 Å². The monoisotopic (exact) mass is 380 g/mol. The zero-order chi connectivity index (χ0) is 19.8. The van der Waals surface area contributed by atoms with Crippen LogP contribution >= 0.6 is 0 Å². The van der Waals surface area contributed by atoms with Crippen LogP contribution in [0.3, 0.4) is 0 Å². The SMILES string of the molecule is CC1(C)C[C@H]2C[C@](C)(C[NH+]2CC#CC[C@@](O)(c2ccccc2)C2CCCC2)C1. The van der Waals surface area contributed by atoms with Crippen LogP contribution in [0.1, 0.15) is 77.7 Å². The number of hydrogen-bond donors (Lipinski definition) is 2. The first-order valence-corrected chi connectivity index (χ1v) is 11.4. The molecule has 2 N–H and O–H groups in total. The van der Waals surface area contributed by atoms with Crippen molar-refractivity contribution in [1.29, 1.82) is 0 Å². The Kier molecular flexibility index (Phi) is 5.36. The van der Waals surface area contributed by atoms with E-state index < -0.39 is 5.60 Å². The smallest absolute Gasteiger partial charge is 0.139 e. The van der Waals surface area contributed by atoms with E-state index in [1.54, 1.807) is 4.90 Å². The summed E-state index contributed by atoms with van der Waals surface area (Å²) in [6.45, 7) is 9.56. The van der Waals surface area contributed by atoms with Gasteiger partial charge < -0.3 is 10.0 Å². The van der Waals surface area contributed by atoms with E-state index in [-0.39, 0.29) is 0 Å². The number of rotatable bonds is 4. The van der Waals surface area contributed by atoms with E-state index in [1.807, 2.05) is 18.2 Å². The molecular weight excluding hydrogens is 342 g/mol. The molecule has 0 spiro atoms. The molecule has 28 heavy (non-hydrogen) atoms. The molecule has 2 saturated carbocycles. The number of aliphatic hydroxyl groups is 1. The van der Waals surface area contributed by atoms with Crippen LogP contribution in [0.25, 0.3) is 0 Å². The Labute approximate surface area is 171 Å². The molecular formula is C26H38NO+. The summed E-state index contributed by atoms with van der Waals surface area (Å²) in [5.74, 6) is 7.26. The van der Waals surface area contributed by atoms with E-state index in [0.29, 0.717) is 23.2 Å². The molecule has 1 aromatic rings. The zero-order valence-electron chi connectivity index (χ0n) is 18.1. The number of fused-ring (bicyclic) bond motifs is 2. The lowest BCUT2D eigenvalue weighted by Crippen LogP contribution is -3.13. The fourth-order valence-electron chi connectivity index (χ4n) is 6.94. The van der Waals surface area contributed by atoms with Crippen molar-refractivity contribution in [3.8, 4) is 11.8 Å². The van der Waals surface area contributed by atoms with Gasteiger partial charge in [0.15, 0.2) is 0 Å². The van der Waals surface area contributed by atoms with Crippen molar-refractivity contribution in [2.75, 3.05) is 13.1 Å². The van der Waals surface area contributed by atoms with E-state index in [1.165, 1.54) is 38.6 Å². The third-order valence-corrected chi connectivity index (χ3v) is 7.78. The van der Waals surface area contributed by atoms with Crippen LogP contribution in [0, 0.1) is 28.6 Å². The van der Waals surface area contributed by atoms with E-state index in [2.05, 4.69) is 44.7 Å². The number of benzene rings is 1. The quantitative estimate of drug-likeness (QED) is 0.760. The van der Waals surface area contributed by atoms with Gasteiger partial charge in [0.1, 0.15) is 12.1 Å². The van der Waals surface area contributed by atoms with Crippen LogP contribution in [-0.4, -0.2) is 24.2 Å². The summed E-state index contributed by atoms with van der Waals surface area (Å²) in [5, 5.41) is 11.6. The van der Waals surface area contributed by atoms with E-state index in [0.717, 1.165) is 31.0 Å². The summed E-state index contributed by atoms with van der Waals surface area (Å²) >= 11 is 0. The second kappa shape index (κ2) is 7.51. The standard InChI is InChI=1S/C26H37NO/c1-24(2)17-23-18-25(3,19-24)20-27(23)16-10-9-15-26(28,22-13-7-8-14-22)21-11-5-4-6-12-21/h4-6,11-12,22-23,28H,7-8,13-20H2,1-3H3/p+1/t23-,25-,26+/m0/s1. The topological polar surface area (TPSA) is 24.7 Å². The van der Waals surface area contributed by atoms with Gasteiger partial charge in [0, 0.05) is 24.7 Å². The minimum Gasteiger partial charge on any atom is -0.384 e. The maximum Gasteiger partial charge on any atom is 0.139 e. The van der Waals surface area contributed by atoms with Gasteiger partial charge in [0.2, 0.25) is 0 Å². The molecule has 4 rings (SSSR count). The third-order valence-electron chi connectivity index (χ3n) is 7.78. The molecule has 2 nitrogen and oxygen atoms in total. The number of hydrogen-bond acceptors (Lipinski definition) is 1. The predicted molar refractivity (Wildman–Crippen MR) is 115 cm³/mol. The number of likely N-dealkylation sites (tertiary alicyclic amines) is 1. The lowest BCUT2D eigenvalue weighted by molar-refractivity contribution is -0.907. The van der Waals surface area contributed by atoms with Gasteiger partial charge in [0.05, 0.1) is 12.6 Å². The average molecular weight is 381 g/mol. The number of quaternary nitrogens is 1. The molecule has 1 aliphatic heterocycles. The first kappa shape index (κ1) is 20.0. The molecule has 1 heterocycles. The lowest BCUT2D eigenvalue weighted by atomic mass is 9.65. The summed E-state index contributed by atoms with van der Waals surface area (Å²) in [6, 6.07) is 11.0. The largest absolute Gasteiger partial charge is 0.384 e. The van der Waals surface area contributed by atoms with Crippen molar-refractivity contribution in [3.63, 3.8) is 0 Å². The first-order valence-electron chi connectivity index (χ1n) is 11.4. The first-order chi connectivity index (χ1) is 13.3. The highest BCUT2D eigenvalue weighted by atomic mass is 16.3. The zero-order valence-corrected chi connectivity index (χ0v) is 18.1. The molecule has 1 aromatic carbocycles. The minimum absolute atomic E-state index is 0.349. The molecule has 0 aromatic heterocycles. The van der Waals surface area contributed by atoms with Crippen molar-refractivity contribution in [2.24, 2.45) is 16.7 Å². The Morgan fingerprint density at radius 2 is 1.79 bits per heavy atom. The maximum atomic E-state index is 11.6. The van der Waals surface area contributed by atoms with Crippen LogP contribution in [0.5, 0.6) is 0 Å². The highest BCUT2D eigenvalue weighted by Gasteiger charge is 2.52. The normalized spacial score (nSPS) is 33.9. The molecule has 0 radical (unpaired) electrons. The van der Waals surface area contributed by atoms with E-state index in [9.17, 15) is 5.11 Å². The summed E-state index contributed by atoms with van der Waals surface area (Å²) in [4.78, 5) is 1.68. The molecule has 3 fully saturated rings. The summed E-state index contributed by atoms with van der Waals surface area (Å²) in [7, 11) is 0. The van der Waals surface area contributed by atoms with Gasteiger partial charge in [-0.1, -0.05) is 69.9 Å². The van der Waals surface area contributed by atoms with Gasteiger partial charge >= 0.3 is 0 Å². The van der Waals surface area contributed by atoms with Crippen molar-refractivity contribution >= 4 is 0 Å². The van der Waals surface area contributed by atoms with Crippen LogP contribution in [0.15, 0.2) is 30.3 Å².